The van der Waals surface area contributed by atoms with Gasteiger partial charge in [-0.3, -0.25) is 14.5 Å². The van der Waals surface area contributed by atoms with Gasteiger partial charge in [0.1, 0.15) is 11.6 Å². The van der Waals surface area contributed by atoms with E-state index in [0.29, 0.717) is 53.4 Å². The quantitative estimate of drug-likeness (QED) is 0.302. The molecular weight excluding hydrogens is 561 g/mol. The molecule has 0 spiro atoms. The molecular formula is C30H29ClFN7O3. The lowest BCUT2D eigenvalue weighted by Gasteiger charge is -2.35. The summed E-state index contributed by atoms with van der Waals surface area (Å²) in [6.45, 7) is 3.77. The summed E-state index contributed by atoms with van der Waals surface area (Å²) in [4.78, 5) is 34.4. The van der Waals surface area contributed by atoms with Crippen LogP contribution in [0.4, 0.5) is 15.9 Å². The van der Waals surface area contributed by atoms with Gasteiger partial charge in [0.15, 0.2) is 5.69 Å². The zero-order valence-corrected chi connectivity index (χ0v) is 23.4. The van der Waals surface area contributed by atoms with Crippen LogP contribution in [0.15, 0.2) is 54.7 Å². The SMILES string of the molecule is NC(=O)c1nn(-c2ccc(F)cc2)c2c1CCc1ccc(NC(=O)c3cc(N4CCN(CCO)CC4)ncc3Cl)cc1-2. The average Bonchev–Trinajstić information content (AvgIpc) is 3.39. The molecule has 4 N–H and O–H groups in total. The highest BCUT2D eigenvalue weighted by molar-refractivity contribution is 6.34. The van der Waals surface area contributed by atoms with E-state index in [1.165, 1.54) is 18.3 Å². The smallest absolute Gasteiger partial charge is 0.269 e. The fourth-order valence-corrected chi connectivity index (χ4v) is 5.79. The summed E-state index contributed by atoms with van der Waals surface area (Å²) < 4.78 is 15.3. The third-order valence-electron chi connectivity index (χ3n) is 7.75. The Morgan fingerprint density at radius 1 is 1.05 bits per heavy atom. The Morgan fingerprint density at radius 3 is 2.52 bits per heavy atom. The van der Waals surface area contributed by atoms with Gasteiger partial charge in [-0.25, -0.2) is 14.1 Å². The number of amides is 2. The standard InChI is InChI=1S/C30H29ClFN7O3/c31-25-17-34-26(38-11-9-37(10-12-38)13-14-40)16-24(25)30(42)35-20-5-1-18-2-8-22-27(29(33)41)36-39(28(22)23(18)15-20)21-6-3-19(32)4-7-21/h1,3-7,15-17,40H,2,8-14H2,(H2,33,41)(H,35,42). The number of halogens is 2. The summed E-state index contributed by atoms with van der Waals surface area (Å²) in [5, 5.41) is 16.9. The lowest BCUT2D eigenvalue weighted by Crippen LogP contribution is -2.47. The van der Waals surface area contributed by atoms with Crippen LogP contribution in [0.5, 0.6) is 0 Å². The predicted molar refractivity (Wildman–Crippen MR) is 158 cm³/mol. The number of anilines is 2. The molecule has 10 nitrogen and oxygen atoms in total. The lowest BCUT2D eigenvalue weighted by atomic mass is 9.88. The Kier molecular flexibility index (Phi) is 7.63. The highest BCUT2D eigenvalue weighted by Gasteiger charge is 2.29. The molecule has 1 aliphatic heterocycles. The number of aryl methyl sites for hydroxylation is 1. The third-order valence-corrected chi connectivity index (χ3v) is 8.05. The van der Waals surface area contributed by atoms with E-state index >= 15 is 0 Å². The fraction of sp³-hybridized carbons (Fsp3) is 0.267. The van der Waals surface area contributed by atoms with E-state index in [4.69, 9.17) is 17.3 Å². The number of nitrogens with one attached hydrogen (secondary N) is 1. The van der Waals surface area contributed by atoms with Crippen LogP contribution in [-0.2, 0) is 12.8 Å². The van der Waals surface area contributed by atoms with Crippen LogP contribution in [0.1, 0.15) is 32.0 Å². The number of carbonyl (C=O) groups excluding carboxylic acids is 2. The molecule has 1 aliphatic carbocycles. The minimum atomic E-state index is -0.641. The van der Waals surface area contributed by atoms with Gasteiger partial charge in [-0.05, 0) is 60.9 Å². The first-order valence-corrected chi connectivity index (χ1v) is 14.1. The Morgan fingerprint density at radius 2 is 1.81 bits per heavy atom. The van der Waals surface area contributed by atoms with Gasteiger partial charge in [0.25, 0.3) is 11.8 Å². The normalized spacial score (nSPS) is 14.8. The van der Waals surface area contributed by atoms with E-state index in [-0.39, 0.29) is 29.0 Å². The maximum Gasteiger partial charge on any atom is 0.269 e. The van der Waals surface area contributed by atoms with Crippen molar-refractivity contribution in [3.63, 3.8) is 0 Å². The number of aromatic nitrogens is 3. The Labute approximate surface area is 246 Å². The van der Waals surface area contributed by atoms with Crippen molar-refractivity contribution in [2.45, 2.75) is 12.8 Å². The van der Waals surface area contributed by atoms with Gasteiger partial charge in [0.05, 0.1) is 28.6 Å². The second-order valence-electron chi connectivity index (χ2n) is 10.3. The fourth-order valence-electron chi connectivity index (χ4n) is 5.60. The Balaban J connectivity index is 1.30. The average molecular weight is 590 g/mol. The summed E-state index contributed by atoms with van der Waals surface area (Å²) in [6, 6.07) is 13.1. The molecule has 1 fully saturated rings. The summed E-state index contributed by atoms with van der Waals surface area (Å²) in [7, 11) is 0. The second kappa shape index (κ2) is 11.5. The maximum atomic E-state index is 13.7. The number of benzene rings is 2. The number of aliphatic hydroxyl groups is 1. The van der Waals surface area contributed by atoms with Crippen LogP contribution in [0.25, 0.3) is 16.9 Å². The monoisotopic (exact) mass is 589 g/mol. The summed E-state index contributed by atoms with van der Waals surface area (Å²) in [6.07, 6.45) is 2.71. The second-order valence-corrected chi connectivity index (χ2v) is 10.7. The number of hydrogen-bond acceptors (Lipinski definition) is 7. The van der Waals surface area contributed by atoms with Gasteiger partial charge >= 0.3 is 0 Å². The first-order valence-electron chi connectivity index (χ1n) is 13.7. The number of fused-ring (bicyclic) bond motifs is 3. The molecule has 6 rings (SSSR count). The Hall–Kier alpha value is -4.32. The van der Waals surface area contributed by atoms with Gasteiger partial charge in [0.2, 0.25) is 0 Å². The molecule has 2 aromatic carbocycles. The molecule has 42 heavy (non-hydrogen) atoms. The molecule has 2 aliphatic rings. The number of β-amino-alcohol motifs (C(OH)–C–C–N with tert-alkyl or cyclic N) is 1. The zero-order chi connectivity index (χ0) is 29.4. The topological polar surface area (TPSA) is 130 Å². The van der Waals surface area contributed by atoms with Crippen molar-refractivity contribution < 1.29 is 19.1 Å². The summed E-state index contributed by atoms with van der Waals surface area (Å²) >= 11 is 6.42. The van der Waals surface area contributed by atoms with Crippen molar-refractivity contribution in [2.24, 2.45) is 5.73 Å². The van der Waals surface area contributed by atoms with Crippen LogP contribution >= 0.6 is 11.6 Å². The first kappa shape index (κ1) is 27.8. The minimum absolute atomic E-state index is 0.119. The van der Waals surface area contributed by atoms with Crippen molar-refractivity contribution in [1.29, 1.82) is 0 Å². The molecule has 0 saturated carbocycles. The molecule has 12 heteroatoms. The number of aliphatic hydroxyl groups excluding tert-OH is 1. The van der Waals surface area contributed by atoms with Crippen LogP contribution < -0.4 is 16.0 Å². The van der Waals surface area contributed by atoms with Crippen LogP contribution in [-0.4, -0.2) is 75.9 Å². The third kappa shape index (κ3) is 5.34. The number of nitrogens with zero attached hydrogens (tertiary/aromatic N) is 5. The molecule has 4 aromatic rings. The molecule has 3 heterocycles. The van der Waals surface area contributed by atoms with Gasteiger partial charge < -0.3 is 21.1 Å². The molecule has 0 radical (unpaired) electrons. The number of nitrogens with two attached hydrogens (primary N) is 1. The van der Waals surface area contributed by atoms with Crippen molar-refractivity contribution in [1.82, 2.24) is 19.7 Å². The van der Waals surface area contributed by atoms with E-state index in [2.05, 4.69) is 25.2 Å². The molecule has 1 saturated heterocycles. The molecule has 2 amide bonds. The molecule has 0 atom stereocenters. The van der Waals surface area contributed by atoms with E-state index < -0.39 is 5.91 Å². The number of rotatable bonds is 7. The van der Waals surface area contributed by atoms with Crippen molar-refractivity contribution in [2.75, 3.05) is 49.5 Å². The highest BCUT2D eigenvalue weighted by Crippen LogP contribution is 2.38. The van der Waals surface area contributed by atoms with Gasteiger partial charge in [-0.2, -0.15) is 5.10 Å². The number of carbonyl (C=O) groups is 2. The summed E-state index contributed by atoms with van der Waals surface area (Å²) in [5.41, 5.74) is 10.4. The van der Waals surface area contributed by atoms with Crippen LogP contribution in [0.2, 0.25) is 5.02 Å². The number of piperazine rings is 1. The number of hydrogen-bond donors (Lipinski definition) is 3. The maximum absolute atomic E-state index is 13.7. The Bertz CT molecular complexity index is 1670. The number of pyridine rings is 1. The largest absolute Gasteiger partial charge is 0.395 e. The van der Waals surface area contributed by atoms with Crippen LogP contribution in [0.3, 0.4) is 0 Å². The molecule has 0 bridgehead atoms. The van der Waals surface area contributed by atoms with Gasteiger partial charge in [-0.1, -0.05) is 17.7 Å². The highest BCUT2D eigenvalue weighted by atomic mass is 35.5. The first-order chi connectivity index (χ1) is 20.3. The van der Waals surface area contributed by atoms with Gasteiger partial charge in [0, 0.05) is 55.7 Å². The van der Waals surface area contributed by atoms with Crippen molar-refractivity contribution in [3.8, 4) is 16.9 Å². The predicted octanol–water partition coefficient (Wildman–Crippen LogP) is 3.29. The lowest BCUT2D eigenvalue weighted by molar-refractivity contribution is 0.0992. The van der Waals surface area contributed by atoms with Gasteiger partial charge in [-0.15, -0.1) is 0 Å². The van der Waals surface area contributed by atoms with E-state index in [1.54, 1.807) is 22.9 Å². The number of primary amides is 1. The molecule has 216 valence electrons. The summed E-state index contributed by atoms with van der Waals surface area (Å²) in [5.74, 6) is -0.756. The van der Waals surface area contributed by atoms with E-state index in [9.17, 15) is 19.1 Å². The van der Waals surface area contributed by atoms with E-state index in [0.717, 1.165) is 37.3 Å². The van der Waals surface area contributed by atoms with Crippen molar-refractivity contribution in [3.05, 3.63) is 88.0 Å². The zero-order valence-electron chi connectivity index (χ0n) is 22.7. The minimum Gasteiger partial charge on any atom is -0.395 e. The van der Waals surface area contributed by atoms with Crippen LogP contribution in [0, 0.1) is 5.82 Å². The van der Waals surface area contributed by atoms with E-state index in [1.807, 2.05) is 18.2 Å². The molecule has 2 aromatic heterocycles. The molecule has 0 unspecified atom stereocenters. The van der Waals surface area contributed by atoms with Crippen molar-refractivity contribution >= 4 is 34.9 Å².